The number of hydrogen-bond acceptors (Lipinski definition) is 2. The van der Waals surface area contributed by atoms with Gasteiger partial charge in [-0.3, -0.25) is 0 Å². The zero-order valence-corrected chi connectivity index (χ0v) is 8.51. The fraction of sp³-hybridized carbons (Fsp3) is 1.00. The summed E-state index contributed by atoms with van der Waals surface area (Å²) >= 11 is 0. The molecular weight excluding hydrogens is 150 g/mol. The highest BCUT2D eigenvalue weighted by Gasteiger charge is 2.33. The van der Waals surface area contributed by atoms with Crippen LogP contribution in [0.15, 0.2) is 0 Å². The molecule has 72 valence electrons. The van der Waals surface area contributed by atoms with E-state index in [1.54, 1.807) is 0 Å². The molecule has 0 saturated carbocycles. The molecule has 0 aromatic rings. The standard InChI is InChI=1S/C10H21NO/c1-10(2)5-6-11(3)8-9(10)4-7-12/h9,12H,4-8H2,1-3H3. The number of nitrogens with zero attached hydrogens (tertiary/aromatic N) is 1. The van der Waals surface area contributed by atoms with Crippen molar-refractivity contribution in [2.75, 3.05) is 26.7 Å². The van der Waals surface area contributed by atoms with E-state index < -0.39 is 0 Å². The van der Waals surface area contributed by atoms with Gasteiger partial charge in [0.15, 0.2) is 0 Å². The minimum atomic E-state index is 0.335. The minimum absolute atomic E-state index is 0.335. The molecular formula is C10H21NO. The van der Waals surface area contributed by atoms with Crippen LogP contribution in [0.25, 0.3) is 0 Å². The monoisotopic (exact) mass is 171 g/mol. The van der Waals surface area contributed by atoms with Crippen molar-refractivity contribution >= 4 is 0 Å². The molecule has 0 aromatic heterocycles. The van der Waals surface area contributed by atoms with Crippen molar-refractivity contribution in [3.8, 4) is 0 Å². The van der Waals surface area contributed by atoms with Crippen LogP contribution >= 0.6 is 0 Å². The molecule has 2 nitrogen and oxygen atoms in total. The maximum Gasteiger partial charge on any atom is 0.0434 e. The molecule has 0 aliphatic carbocycles. The lowest BCUT2D eigenvalue weighted by Crippen LogP contribution is -2.43. The molecule has 12 heavy (non-hydrogen) atoms. The van der Waals surface area contributed by atoms with Crippen LogP contribution in [-0.4, -0.2) is 36.8 Å². The Morgan fingerprint density at radius 1 is 1.50 bits per heavy atom. The number of piperidine rings is 1. The third-order valence-electron chi connectivity index (χ3n) is 3.25. The summed E-state index contributed by atoms with van der Waals surface area (Å²) in [4.78, 5) is 2.37. The number of rotatable bonds is 2. The lowest BCUT2D eigenvalue weighted by atomic mass is 9.72. The van der Waals surface area contributed by atoms with Crippen LogP contribution < -0.4 is 0 Å². The van der Waals surface area contributed by atoms with E-state index in [9.17, 15) is 0 Å². The van der Waals surface area contributed by atoms with Crippen molar-refractivity contribution in [3.05, 3.63) is 0 Å². The summed E-state index contributed by atoms with van der Waals surface area (Å²) in [5.41, 5.74) is 0.426. The lowest BCUT2D eigenvalue weighted by Gasteiger charge is -2.42. The molecule has 1 saturated heterocycles. The molecule has 0 radical (unpaired) electrons. The second-order valence-corrected chi connectivity index (χ2v) is 4.71. The first-order valence-corrected chi connectivity index (χ1v) is 4.85. The number of likely N-dealkylation sites (tertiary alicyclic amines) is 1. The summed E-state index contributed by atoms with van der Waals surface area (Å²) in [6, 6.07) is 0. The van der Waals surface area contributed by atoms with Crippen LogP contribution in [0.4, 0.5) is 0 Å². The van der Waals surface area contributed by atoms with Gasteiger partial charge in [-0.2, -0.15) is 0 Å². The molecule has 0 bridgehead atoms. The average Bonchev–Trinajstić information content (AvgIpc) is 1.98. The van der Waals surface area contributed by atoms with Crippen LogP contribution in [0.2, 0.25) is 0 Å². The summed E-state index contributed by atoms with van der Waals surface area (Å²) in [5, 5.41) is 8.92. The van der Waals surface area contributed by atoms with E-state index in [0.717, 1.165) is 13.0 Å². The fourth-order valence-electron chi connectivity index (χ4n) is 2.04. The van der Waals surface area contributed by atoms with Crippen molar-refractivity contribution in [1.29, 1.82) is 0 Å². The molecule has 1 atom stereocenters. The predicted molar refractivity (Wildman–Crippen MR) is 51.1 cm³/mol. The minimum Gasteiger partial charge on any atom is -0.396 e. The van der Waals surface area contributed by atoms with E-state index in [1.165, 1.54) is 13.0 Å². The van der Waals surface area contributed by atoms with Crippen LogP contribution in [0.3, 0.4) is 0 Å². The normalized spacial score (nSPS) is 30.5. The van der Waals surface area contributed by atoms with Crippen molar-refractivity contribution in [2.24, 2.45) is 11.3 Å². The summed E-state index contributed by atoms with van der Waals surface area (Å²) < 4.78 is 0. The molecule has 0 spiro atoms. The Bertz CT molecular complexity index is 145. The summed E-state index contributed by atoms with van der Waals surface area (Å²) in [5.74, 6) is 0.668. The van der Waals surface area contributed by atoms with Crippen molar-refractivity contribution in [3.63, 3.8) is 0 Å². The van der Waals surface area contributed by atoms with Gasteiger partial charge in [-0.05, 0) is 37.8 Å². The predicted octanol–water partition coefficient (Wildman–Crippen LogP) is 1.35. The largest absolute Gasteiger partial charge is 0.396 e. The van der Waals surface area contributed by atoms with Crippen molar-refractivity contribution < 1.29 is 5.11 Å². The second-order valence-electron chi connectivity index (χ2n) is 4.71. The van der Waals surface area contributed by atoms with Gasteiger partial charge in [-0.1, -0.05) is 13.8 Å². The van der Waals surface area contributed by atoms with Crippen LogP contribution in [0.1, 0.15) is 26.7 Å². The SMILES string of the molecule is CN1CCC(C)(C)C(CCO)C1. The van der Waals surface area contributed by atoms with Gasteiger partial charge in [0, 0.05) is 13.2 Å². The highest BCUT2D eigenvalue weighted by Crippen LogP contribution is 2.36. The van der Waals surface area contributed by atoms with Crippen molar-refractivity contribution in [1.82, 2.24) is 4.90 Å². The van der Waals surface area contributed by atoms with Gasteiger partial charge in [0.25, 0.3) is 0 Å². The third kappa shape index (κ3) is 2.20. The highest BCUT2D eigenvalue weighted by atomic mass is 16.3. The molecule has 1 rings (SSSR count). The first-order chi connectivity index (χ1) is 5.56. The van der Waals surface area contributed by atoms with Crippen LogP contribution in [-0.2, 0) is 0 Å². The van der Waals surface area contributed by atoms with E-state index in [-0.39, 0.29) is 0 Å². The Hall–Kier alpha value is -0.0800. The molecule has 0 aromatic carbocycles. The van der Waals surface area contributed by atoms with Gasteiger partial charge in [0.05, 0.1) is 0 Å². The molecule has 1 fully saturated rings. The maximum atomic E-state index is 8.92. The number of aliphatic hydroxyl groups is 1. The smallest absolute Gasteiger partial charge is 0.0434 e. The van der Waals surface area contributed by atoms with Gasteiger partial charge in [-0.15, -0.1) is 0 Å². The number of aliphatic hydroxyl groups excluding tert-OH is 1. The van der Waals surface area contributed by atoms with E-state index in [1.807, 2.05) is 0 Å². The van der Waals surface area contributed by atoms with Gasteiger partial charge in [-0.25, -0.2) is 0 Å². The lowest BCUT2D eigenvalue weighted by molar-refractivity contribution is 0.0573. The first-order valence-electron chi connectivity index (χ1n) is 4.85. The van der Waals surface area contributed by atoms with Gasteiger partial charge < -0.3 is 10.0 Å². The van der Waals surface area contributed by atoms with Crippen LogP contribution in [0.5, 0.6) is 0 Å². The molecule has 0 amide bonds. The zero-order valence-electron chi connectivity index (χ0n) is 8.51. The Balaban J connectivity index is 2.52. The first kappa shape index (κ1) is 10.0. The van der Waals surface area contributed by atoms with Crippen molar-refractivity contribution in [2.45, 2.75) is 26.7 Å². The molecule has 2 heteroatoms. The van der Waals surface area contributed by atoms with Crippen LogP contribution in [0, 0.1) is 11.3 Å². The highest BCUT2D eigenvalue weighted by molar-refractivity contribution is 4.85. The summed E-state index contributed by atoms with van der Waals surface area (Å²) in [6.07, 6.45) is 2.21. The Kier molecular flexibility index (Phi) is 3.13. The van der Waals surface area contributed by atoms with E-state index in [0.29, 0.717) is 17.9 Å². The van der Waals surface area contributed by atoms with E-state index in [4.69, 9.17) is 5.11 Å². The fourth-order valence-corrected chi connectivity index (χ4v) is 2.04. The quantitative estimate of drug-likeness (QED) is 0.678. The van der Waals surface area contributed by atoms with E-state index in [2.05, 4.69) is 25.8 Å². The summed E-state index contributed by atoms with van der Waals surface area (Å²) in [7, 11) is 2.17. The second kappa shape index (κ2) is 3.75. The number of hydrogen-bond donors (Lipinski definition) is 1. The Morgan fingerprint density at radius 2 is 2.17 bits per heavy atom. The Labute approximate surface area is 75.6 Å². The maximum absolute atomic E-state index is 8.92. The molecule has 1 N–H and O–H groups in total. The van der Waals surface area contributed by atoms with E-state index >= 15 is 0 Å². The van der Waals surface area contributed by atoms with Gasteiger partial charge >= 0.3 is 0 Å². The van der Waals surface area contributed by atoms with Gasteiger partial charge in [0.2, 0.25) is 0 Å². The average molecular weight is 171 g/mol. The topological polar surface area (TPSA) is 23.5 Å². The molecule has 1 heterocycles. The Morgan fingerprint density at radius 3 is 2.75 bits per heavy atom. The molecule has 1 aliphatic heterocycles. The van der Waals surface area contributed by atoms with Gasteiger partial charge in [0.1, 0.15) is 0 Å². The molecule has 1 aliphatic rings. The molecule has 1 unspecified atom stereocenters. The third-order valence-corrected chi connectivity index (χ3v) is 3.25. The zero-order chi connectivity index (χ0) is 9.19. The summed E-state index contributed by atoms with van der Waals surface area (Å²) in [6.45, 7) is 7.32.